The minimum absolute atomic E-state index is 0.0374. The normalized spacial score (nSPS) is 33.2. The summed E-state index contributed by atoms with van der Waals surface area (Å²) < 4.78 is 0. The molecule has 14 heavy (non-hydrogen) atoms. The largest absolute Gasteiger partial charge is 0.393 e. The summed E-state index contributed by atoms with van der Waals surface area (Å²) >= 11 is 0. The van der Waals surface area contributed by atoms with Crippen LogP contribution in [0.15, 0.2) is 0 Å². The Morgan fingerprint density at radius 1 is 1.43 bits per heavy atom. The molecule has 0 aromatic carbocycles. The number of aliphatic hydroxyl groups excluding tert-OH is 1. The number of hydrogen-bond donors (Lipinski definition) is 2. The van der Waals surface area contributed by atoms with Crippen LogP contribution in [0.4, 0.5) is 4.79 Å². The number of rotatable bonds is 2. The molecule has 0 aromatic heterocycles. The number of amides is 2. The molecule has 2 amide bonds. The highest BCUT2D eigenvalue weighted by molar-refractivity contribution is 5.74. The maximum absolute atomic E-state index is 11.4. The molecular formula is C10H18N2O2. The first kappa shape index (κ1) is 9.77. The van der Waals surface area contributed by atoms with Crippen molar-refractivity contribution in [3.63, 3.8) is 0 Å². The van der Waals surface area contributed by atoms with E-state index in [0.717, 1.165) is 45.3 Å². The van der Waals surface area contributed by atoms with Gasteiger partial charge in [-0.05, 0) is 19.3 Å². The van der Waals surface area contributed by atoms with Gasteiger partial charge in [-0.3, -0.25) is 0 Å². The highest BCUT2D eigenvalue weighted by Gasteiger charge is 2.29. The van der Waals surface area contributed by atoms with Crippen molar-refractivity contribution in [3.8, 4) is 0 Å². The third kappa shape index (κ3) is 2.00. The molecule has 0 radical (unpaired) electrons. The molecule has 1 aliphatic carbocycles. The molecule has 4 nitrogen and oxygen atoms in total. The molecule has 2 N–H and O–H groups in total. The first-order chi connectivity index (χ1) is 6.77. The summed E-state index contributed by atoms with van der Waals surface area (Å²) in [5, 5.41) is 12.5. The Hall–Kier alpha value is -0.770. The standard InChI is InChI=1S/C10H18N2O2/c13-9-4-1-3-8(9)7-12-6-2-5-11-10(12)14/h8-9,13H,1-7H2,(H,11,14). The summed E-state index contributed by atoms with van der Waals surface area (Å²) in [5.41, 5.74) is 0. The maximum Gasteiger partial charge on any atom is 0.317 e. The highest BCUT2D eigenvalue weighted by atomic mass is 16.3. The van der Waals surface area contributed by atoms with Gasteiger partial charge < -0.3 is 15.3 Å². The van der Waals surface area contributed by atoms with Crippen LogP contribution in [0.25, 0.3) is 0 Å². The summed E-state index contributed by atoms with van der Waals surface area (Å²) in [6.45, 7) is 2.37. The predicted molar refractivity (Wildman–Crippen MR) is 52.9 cm³/mol. The van der Waals surface area contributed by atoms with Gasteiger partial charge in [0, 0.05) is 25.6 Å². The lowest BCUT2D eigenvalue weighted by Crippen LogP contribution is -2.48. The van der Waals surface area contributed by atoms with Crippen LogP contribution in [0.1, 0.15) is 25.7 Å². The number of nitrogens with one attached hydrogen (secondary N) is 1. The average molecular weight is 198 g/mol. The fraction of sp³-hybridized carbons (Fsp3) is 0.900. The van der Waals surface area contributed by atoms with Crippen LogP contribution >= 0.6 is 0 Å². The summed E-state index contributed by atoms with van der Waals surface area (Å²) in [6, 6.07) is 0.0374. The number of carbonyl (C=O) groups excluding carboxylic acids is 1. The van der Waals surface area contributed by atoms with Crippen LogP contribution in [0.2, 0.25) is 0 Å². The van der Waals surface area contributed by atoms with E-state index in [-0.39, 0.29) is 12.1 Å². The lowest BCUT2D eigenvalue weighted by atomic mass is 10.1. The van der Waals surface area contributed by atoms with Crippen LogP contribution in [-0.4, -0.2) is 41.8 Å². The molecule has 0 bridgehead atoms. The monoisotopic (exact) mass is 198 g/mol. The Morgan fingerprint density at radius 3 is 2.93 bits per heavy atom. The fourth-order valence-electron chi connectivity index (χ4n) is 2.37. The van der Waals surface area contributed by atoms with Crippen molar-refractivity contribution < 1.29 is 9.90 Å². The number of hydrogen-bond acceptors (Lipinski definition) is 2. The van der Waals surface area contributed by atoms with Gasteiger partial charge in [-0.25, -0.2) is 4.79 Å². The molecule has 0 spiro atoms. The van der Waals surface area contributed by atoms with Crippen molar-refractivity contribution >= 4 is 6.03 Å². The van der Waals surface area contributed by atoms with Crippen molar-refractivity contribution in [2.45, 2.75) is 31.8 Å². The SMILES string of the molecule is O=C1NCCCN1CC1CCCC1O. The Bertz CT molecular complexity index is 220. The topological polar surface area (TPSA) is 52.6 Å². The number of aliphatic hydroxyl groups is 1. The number of urea groups is 1. The zero-order valence-corrected chi connectivity index (χ0v) is 8.41. The van der Waals surface area contributed by atoms with Crippen molar-refractivity contribution in [2.24, 2.45) is 5.92 Å². The molecule has 1 aliphatic heterocycles. The van der Waals surface area contributed by atoms with E-state index in [0.29, 0.717) is 5.92 Å². The lowest BCUT2D eigenvalue weighted by Gasteiger charge is -2.30. The molecule has 2 aliphatic rings. The van der Waals surface area contributed by atoms with Crippen molar-refractivity contribution in [1.82, 2.24) is 10.2 Å². The maximum atomic E-state index is 11.4. The van der Waals surface area contributed by atoms with E-state index in [1.165, 1.54) is 0 Å². The van der Waals surface area contributed by atoms with Gasteiger partial charge in [0.1, 0.15) is 0 Å². The van der Waals surface area contributed by atoms with E-state index in [2.05, 4.69) is 5.32 Å². The van der Waals surface area contributed by atoms with Gasteiger partial charge in [0.15, 0.2) is 0 Å². The number of nitrogens with zero attached hydrogens (tertiary/aromatic N) is 1. The summed E-state index contributed by atoms with van der Waals surface area (Å²) in [5.74, 6) is 0.304. The third-order valence-corrected chi connectivity index (χ3v) is 3.24. The second kappa shape index (κ2) is 4.17. The fourth-order valence-corrected chi connectivity index (χ4v) is 2.37. The third-order valence-electron chi connectivity index (χ3n) is 3.24. The van der Waals surface area contributed by atoms with Gasteiger partial charge >= 0.3 is 6.03 Å². The molecule has 2 unspecified atom stereocenters. The van der Waals surface area contributed by atoms with Crippen molar-refractivity contribution in [1.29, 1.82) is 0 Å². The minimum atomic E-state index is -0.190. The molecule has 1 saturated carbocycles. The smallest absolute Gasteiger partial charge is 0.317 e. The molecule has 4 heteroatoms. The zero-order chi connectivity index (χ0) is 9.97. The highest BCUT2D eigenvalue weighted by Crippen LogP contribution is 2.26. The summed E-state index contributed by atoms with van der Waals surface area (Å²) in [6.07, 6.45) is 3.89. The van der Waals surface area contributed by atoms with Gasteiger partial charge in [-0.1, -0.05) is 6.42 Å². The van der Waals surface area contributed by atoms with Crippen LogP contribution < -0.4 is 5.32 Å². The van der Waals surface area contributed by atoms with Gasteiger partial charge in [0.2, 0.25) is 0 Å². The molecule has 0 aromatic rings. The zero-order valence-electron chi connectivity index (χ0n) is 8.41. The summed E-state index contributed by atoms with van der Waals surface area (Å²) in [4.78, 5) is 13.3. The Kier molecular flexibility index (Phi) is 2.91. The molecule has 1 saturated heterocycles. The van der Waals surface area contributed by atoms with Crippen LogP contribution in [0.5, 0.6) is 0 Å². The van der Waals surface area contributed by atoms with Crippen LogP contribution in [-0.2, 0) is 0 Å². The van der Waals surface area contributed by atoms with Gasteiger partial charge in [0.25, 0.3) is 0 Å². The van der Waals surface area contributed by atoms with E-state index < -0.39 is 0 Å². The summed E-state index contributed by atoms with van der Waals surface area (Å²) in [7, 11) is 0. The van der Waals surface area contributed by atoms with E-state index in [9.17, 15) is 9.90 Å². The Morgan fingerprint density at radius 2 is 2.29 bits per heavy atom. The van der Waals surface area contributed by atoms with E-state index >= 15 is 0 Å². The lowest BCUT2D eigenvalue weighted by molar-refractivity contribution is 0.104. The minimum Gasteiger partial charge on any atom is -0.393 e. The van der Waals surface area contributed by atoms with Gasteiger partial charge in [0.05, 0.1) is 6.10 Å². The molecule has 1 heterocycles. The predicted octanol–water partition coefficient (Wildman–Crippen LogP) is 0.563. The average Bonchev–Trinajstić information content (AvgIpc) is 2.56. The van der Waals surface area contributed by atoms with Crippen molar-refractivity contribution in [2.75, 3.05) is 19.6 Å². The van der Waals surface area contributed by atoms with Crippen LogP contribution in [0, 0.1) is 5.92 Å². The molecule has 2 atom stereocenters. The van der Waals surface area contributed by atoms with Crippen LogP contribution in [0.3, 0.4) is 0 Å². The van der Waals surface area contributed by atoms with Gasteiger partial charge in [-0.2, -0.15) is 0 Å². The first-order valence-electron chi connectivity index (χ1n) is 5.48. The quantitative estimate of drug-likeness (QED) is 0.681. The molecule has 2 fully saturated rings. The molecule has 80 valence electrons. The van der Waals surface area contributed by atoms with E-state index in [1.54, 1.807) is 0 Å². The van der Waals surface area contributed by atoms with E-state index in [1.807, 2.05) is 4.90 Å². The molecular weight excluding hydrogens is 180 g/mol. The molecule has 2 rings (SSSR count). The Balaban J connectivity index is 1.86. The van der Waals surface area contributed by atoms with E-state index in [4.69, 9.17) is 0 Å². The number of carbonyl (C=O) groups is 1. The van der Waals surface area contributed by atoms with Crippen molar-refractivity contribution in [3.05, 3.63) is 0 Å². The second-order valence-electron chi connectivity index (χ2n) is 4.29. The second-order valence-corrected chi connectivity index (χ2v) is 4.29. The van der Waals surface area contributed by atoms with Gasteiger partial charge in [-0.15, -0.1) is 0 Å². The Labute approximate surface area is 84.3 Å². The first-order valence-corrected chi connectivity index (χ1v) is 5.48.